The molecule has 3 rings (SSSR count). The molecule has 0 saturated carbocycles. The summed E-state index contributed by atoms with van der Waals surface area (Å²) in [6, 6.07) is 11.2. The van der Waals surface area contributed by atoms with Gasteiger partial charge < -0.3 is 10.6 Å². The molecule has 166 valence electrons. The summed E-state index contributed by atoms with van der Waals surface area (Å²) in [6.07, 6.45) is 1.25. The number of anilines is 2. The smallest absolute Gasteiger partial charge is 0.320 e. The van der Waals surface area contributed by atoms with Crippen LogP contribution in [0.1, 0.15) is 59.2 Å². The van der Waals surface area contributed by atoms with E-state index in [4.69, 9.17) is 0 Å². The Hall–Kier alpha value is -3.09. The third kappa shape index (κ3) is 8.51. The maximum atomic E-state index is 12.0. The predicted molar refractivity (Wildman–Crippen MR) is 129 cm³/mol. The molecule has 2 aromatic heterocycles. The summed E-state index contributed by atoms with van der Waals surface area (Å²) in [5.41, 5.74) is 2.65. The van der Waals surface area contributed by atoms with Crippen LogP contribution in [0.5, 0.6) is 0 Å². The molecule has 0 aliphatic heterocycles. The average Bonchev–Trinajstić information content (AvgIpc) is 3.20. The number of hydrogen-bond acceptors (Lipinski definition) is 4. The van der Waals surface area contributed by atoms with Gasteiger partial charge in [0, 0.05) is 19.7 Å². The van der Waals surface area contributed by atoms with Crippen LogP contribution in [0.15, 0.2) is 36.4 Å². The van der Waals surface area contributed by atoms with Gasteiger partial charge in [-0.3, -0.25) is 10.4 Å². The van der Waals surface area contributed by atoms with Gasteiger partial charge in [0.15, 0.2) is 5.82 Å². The second kappa shape index (κ2) is 15.8. The molecule has 0 spiro atoms. The average molecular weight is 415 g/mol. The van der Waals surface area contributed by atoms with Crippen molar-refractivity contribution in [1.82, 2.24) is 20.5 Å². The lowest BCUT2D eigenvalue weighted by Gasteiger charge is -2.08. The molecular weight excluding hydrogens is 376 g/mol. The highest BCUT2D eigenvalue weighted by Crippen LogP contribution is 2.24. The summed E-state index contributed by atoms with van der Waals surface area (Å²) in [4.78, 5) is 16.4. The van der Waals surface area contributed by atoms with Crippen LogP contribution in [0.2, 0.25) is 0 Å². The molecule has 0 radical (unpaired) electrons. The number of aromatic amines is 1. The summed E-state index contributed by atoms with van der Waals surface area (Å²) in [5, 5.41) is 16.6. The Morgan fingerprint density at radius 1 is 1.07 bits per heavy atom. The standard InChI is InChI=1S/C16H18N6O.C3H8.2C2H6/c1-10-14-12(21-22-15(14)17-2)8-13(19-10)20-16(23)18-9-11-6-4-3-5-7-11;1-3-2;2*1-2/h3-8H,9H2,1-2H3,(H2,17,21,22)(H2,18,19,20,23);3H2,1-2H3;2*1-2H3. The number of aromatic nitrogens is 3. The van der Waals surface area contributed by atoms with Gasteiger partial charge in [0.25, 0.3) is 0 Å². The van der Waals surface area contributed by atoms with E-state index in [1.807, 2.05) is 65.0 Å². The van der Waals surface area contributed by atoms with Crippen LogP contribution in [0.25, 0.3) is 10.9 Å². The molecule has 0 aliphatic rings. The molecule has 3 aromatic rings. The predicted octanol–water partition coefficient (Wildman–Crippen LogP) is 6.10. The normalized spacial score (nSPS) is 9.07. The van der Waals surface area contributed by atoms with Crippen LogP contribution in [-0.4, -0.2) is 28.3 Å². The molecule has 0 fully saturated rings. The van der Waals surface area contributed by atoms with Gasteiger partial charge in [-0.05, 0) is 12.5 Å². The Kier molecular flexibility index (Phi) is 14.2. The number of H-pyrrole nitrogens is 1. The molecule has 7 heteroatoms. The van der Waals surface area contributed by atoms with E-state index in [9.17, 15) is 4.79 Å². The zero-order valence-corrected chi connectivity index (χ0v) is 19.7. The van der Waals surface area contributed by atoms with E-state index < -0.39 is 0 Å². The molecule has 30 heavy (non-hydrogen) atoms. The molecule has 0 saturated heterocycles. The number of benzene rings is 1. The topological polar surface area (TPSA) is 94.7 Å². The van der Waals surface area contributed by atoms with Crippen molar-refractivity contribution in [3.8, 4) is 0 Å². The summed E-state index contributed by atoms with van der Waals surface area (Å²) < 4.78 is 0. The van der Waals surface area contributed by atoms with E-state index in [0.29, 0.717) is 12.4 Å². The number of urea groups is 1. The van der Waals surface area contributed by atoms with E-state index in [1.165, 1.54) is 6.42 Å². The Labute approximate surface area is 181 Å². The number of nitrogens with one attached hydrogen (secondary N) is 4. The van der Waals surface area contributed by atoms with E-state index in [1.54, 1.807) is 13.1 Å². The minimum Gasteiger partial charge on any atom is -0.371 e. The van der Waals surface area contributed by atoms with E-state index in [2.05, 4.69) is 45.0 Å². The van der Waals surface area contributed by atoms with Crippen LogP contribution in [0.4, 0.5) is 16.4 Å². The molecule has 0 aliphatic carbocycles. The summed E-state index contributed by atoms with van der Waals surface area (Å²) in [7, 11) is 1.80. The highest BCUT2D eigenvalue weighted by atomic mass is 16.2. The van der Waals surface area contributed by atoms with Gasteiger partial charge in [-0.25, -0.2) is 9.78 Å². The fourth-order valence-electron chi connectivity index (χ4n) is 2.42. The Morgan fingerprint density at radius 3 is 2.23 bits per heavy atom. The monoisotopic (exact) mass is 414 g/mol. The molecule has 2 heterocycles. The van der Waals surface area contributed by atoms with Crippen molar-refractivity contribution in [2.24, 2.45) is 0 Å². The maximum absolute atomic E-state index is 12.0. The summed E-state index contributed by atoms with van der Waals surface area (Å²) >= 11 is 0. The minimum atomic E-state index is -0.298. The number of carbonyl (C=O) groups is 1. The molecule has 0 bridgehead atoms. The molecule has 0 unspecified atom stereocenters. The third-order valence-corrected chi connectivity index (χ3v) is 3.50. The number of nitrogens with zero attached hydrogens (tertiary/aromatic N) is 2. The van der Waals surface area contributed by atoms with Crippen molar-refractivity contribution in [3.05, 3.63) is 47.7 Å². The second-order valence-corrected chi connectivity index (χ2v) is 5.84. The molecular formula is C23H38N6O. The van der Waals surface area contributed by atoms with Crippen LogP contribution in [0, 0.1) is 6.92 Å². The highest BCUT2D eigenvalue weighted by molar-refractivity contribution is 5.95. The molecule has 7 nitrogen and oxygen atoms in total. The van der Waals surface area contributed by atoms with E-state index in [-0.39, 0.29) is 6.03 Å². The fraction of sp³-hybridized carbons (Fsp3) is 0.435. The van der Waals surface area contributed by atoms with Gasteiger partial charge in [-0.1, -0.05) is 78.3 Å². The maximum Gasteiger partial charge on any atom is 0.320 e. The SMILES string of the molecule is CC.CC.CCC.CNc1n[nH]c2cc(NC(=O)NCc3ccccc3)nc(C)c12. The number of rotatable bonds is 4. The van der Waals surface area contributed by atoms with Crippen molar-refractivity contribution in [2.45, 2.75) is 61.4 Å². The lowest BCUT2D eigenvalue weighted by atomic mass is 10.2. The van der Waals surface area contributed by atoms with Gasteiger partial charge in [0.05, 0.1) is 16.6 Å². The van der Waals surface area contributed by atoms with Crippen molar-refractivity contribution < 1.29 is 4.79 Å². The van der Waals surface area contributed by atoms with Crippen molar-refractivity contribution in [3.63, 3.8) is 0 Å². The van der Waals surface area contributed by atoms with Crippen molar-refractivity contribution >= 4 is 28.6 Å². The van der Waals surface area contributed by atoms with Gasteiger partial charge in [0.1, 0.15) is 5.82 Å². The van der Waals surface area contributed by atoms with Gasteiger partial charge >= 0.3 is 6.03 Å². The van der Waals surface area contributed by atoms with Crippen LogP contribution < -0.4 is 16.0 Å². The Morgan fingerprint density at radius 2 is 1.67 bits per heavy atom. The molecule has 2 amide bonds. The first kappa shape index (κ1) is 26.9. The number of pyridine rings is 1. The second-order valence-electron chi connectivity index (χ2n) is 5.84. The fourth-order valence-corrected chi connectivity index (χ4v) is 2.42. The largest absolute Gasteiger partial charge is 0.371 e. The molecule has 4 N–H and O–H groups in total. The summed E-state index contributed by atoms with van der Waals surface area (Å²) in [6.45, 7) is 14.6. The van der Waals surface area contributed by atoms with Crippen LogP contribution in [-0.2, 0) is 6.54 Å². The number of carbonyl (C=O) groups excluding carboxylic acids is 1. The first-order chi connectivity index (χ1) is 14.6. The third-order valence-electron chi connectivity index (χ3n) is 3.50. The van der Waals surface area contributed by atoms with Crippen molar-refractivity contribution in [2.75, 3.05) is 17.7 Å². The van der Waals surface area contributed by atoms with Gasteiger partial charge in [-0.2, -0.15) is 5.10 Å². The molecule has 0 atom stereocenters. The van der Waals surface area contributed by atoms with Gasteiger partial charge in [-0.15, -0.1) is 0 Å². The van der Waals surface area contributed by atoms with Gasteiger partial charge in [0.2, 0.25) is 0 Å². The first-order valence-electron chi connectivity index (χ1n) is 10.7. The quantitative estimate of drug-likeness (QED) is 0.415. The minimum absolute atomic E-state index is 0.298. The lowest BCUT2D eigenvalue weighted by Crippen LogP contribution is -2.28. The number of amides is 2. The van der Waals surface area contributed by atoms with Crippen LogP contribution >= 0.6 is 0 Å². The lowest BCUT2D eigenvalue weighted by molar-refractivity contribution is 0.251. The van der Waals surface area contributed by atoms with E-state index in [0.717, 1.165) is 28.0 Å². The number of hydrogen-bond donors (Lipinski definition) is 4. The highest BCUT2D eigenvalue weighted by Gasteiger charge is 2.11. The zero-order valence-electron chi connectivity index (χ0n) is 19.7. The first-order valence-corrected chi connectivity index (χ1v) is 10.7. The molecule has 1 aromatic carbocycles. The number of aryl methyl sites for hydroxylation is 1. The summed E-state index contributed by atoms with van der Waals surface area (Å²) in [5.74, 6) is 1.22. The zero-order chi connectivity index (χ0) is 22.9. The van der Waals surface area contributed by atoms with Crippen LogP contribution in [0.3, 0.4) is 0 Å². The Bertz CT molecular complexity index is 846. The Balaban J connectivity index is 0.00000108. The number of fused-ring (bicyclic) bond motifs is 1. The van der Waals surface area contributed by atoms with E-state index >= 15 is 0 Å². The van der Waals surface area contributed by atoms with Crippen molar-refractivity contribution in [1.29, 1.82) is 0 Å².